The van der Waals surface area contributed by atoms with Gasteiger partial charge in [0.25, 0.3) is 0 Å². The number of methoxy groups -OCH3 is 2. The van der Waals surface area contributed by atoms with E-state index in [0.717, 1.165) is 10.9 Å². The summed E-state index contributed by atoms with van der Waals surface area (Å²) in [7, 11) is 3.16. The minimum Gasteiger partial charge on any atom is -0.388 e. The van der Waals surface area contributed by atoms with E-state index >= 15 is 0 Å². The number of aliphatic hydroxyl groups is 1. The van der Waals surface area contributed by atoms with Crippen LogP contribution in [-0.2, 0) is 9.47 Å². The van der Waals surface area contributed by atoms with Crippen molar-refractivity contribution in [1.82, 2.24) is 0 Å². The van der Waals surface area contributed by atoms with Gasteiger partial charge in [0.1, 0.15) is 0 Å². The van der Waals surface area contributed by atoms with Crippen LogP contribution in [0.5, 0.6) is 0 Å². The van der Waals surface area contributed by atoms with Gasteiger partial charge in [0.15, 0.2) is 6.29 Å². The Kier molecular flexibility index (Phi) is 4.53. The largest absolute Gasteiger partial charge is 0.388 e. The van der Waals surface area contributed by atoms with Crippen molar-refractivity contribution in [1.29, 1.82) is 0 Å². The number of hydrogen-bond donors (Lipinski definition) is 1. The second-order valence-electron chi connectivity index (χ2n) is 4.75. The summed E-state index contributed by atoms with van der Waals surface area (Å²) >= 11 is 0. The van der Waals surface area contributed by atoms with Gasteiger partial charge < -0.3 is 14.6 Å². The number of ether oxygens (including phenoxy) is 2. The number of aliphatic hydroxyl groups excluding tert-OH is 1. The van der Waals surface area contributed by atoms with Crippen LogP contribution in [-0.4, -0.2) is 25.6 Å². The lowest BCUT2D eigenvalue weighted by Crippen LogP contribution is -2.27. The fourth-order valence-corrected chi connectivity index (χ4v) is 2.37. The third-order valence-electron chi connectivity index (χ3n) is 3.51. The van der Waals surface area contributed by atoms with Gasteiger partial charge in [-0.05, 0) is 22.4 Å². The van der Waals surface area contributed by atoms with Crippen molar-refractivity contribution < 1.29 is 14.6 Å². The van der Waals surface area contributed by atoms with Crippen LogP contribution in [0.2, 0.25) is 0 Å². The van der Waals surface area contributed by atoms with Gasteiger partial charge >= 0.3 is 0 Å². The van der Waals surface area contributed by atoms with E-state index in [2.05, 4.69) is 6.07 Å². The van der Waals surface area contributed by atoms with E-state index in [-0.39, 0.29) is 5.92 Å². The fraction of sp³-hybridized carbons (Fsp3) is 0.375. The van der Waals surface area contributed by atoms with Crippen LogP contribution < -0.4 is 0 Å². The molecule has 0 fully saturated rings. The SMILES string of the molecule is COC(OC)[C@H](C)[C@H](O)c1ccc2ccccc2c1. The van der Waals surface area contributed by atoms with E-state index in [1.807, 2.05) is 43.3 Å². The summed E-state index contributed by atoms with van der Waals surface area (Å²) in [6, 6.07) is 14.1. The predicted octanol–water partition coefficient (Wildman–Crippen LogP) is 3.13. The summed E-state index contributed by atoms with van der Waals surface area (Å²) in [5.41, 5.74) is 0.880. The van der Waals surface area contributed by atoms with Gasteiger partial charge in [-0.25, -0.2) is 0 Å². The van der Waals surface area contributed by atoms with Crippen molar-refractivity contribution in [2.24, 2.45) is 5.92 Å². The van der Waals surface area contributed by atoms with Crippen LogP contribution in [0.1, 0.15) is 18.6 Å². The Morgan fingerprint density at radius 3 is 2.21 bits per heavy atom. The standard InChI is InChI=1S/C16H20O3/c1-11(16(18-2)19-3)15(17)14-9-8-12-6-4-5-7-13(12)10-14/h4-11,15-17H,1-3H3/t11-,15+/m1/s1. The van der Waals surface area contributed by atoms with Crippen molar-refractivity contribution in [3.05, 3.63) is 48.0 Å². The van der Waals surface area contributed by atoms with Gasteiger partial charge in [0.2, 0.25) is 0 Å². The first kappa shape index (κ1) is 14.0. The third kappa shape index (κ3) is 2.95. The molecule has 0 amide bonds. The summed E-state index contributed by atoms with van der Waals surface area (Å²) < 4.78 is 10.4. The highest BCUT2D eigenvalue weighted by molar-refractivity contribution is 5.83. The molecule has 0 bridgehead atoms. The zero-order valence-corrected chi connectivity index (χ0v) is 11.5. The molecule has 2 rings (SSSR count). The van der Waals surface area contributed by atoms with Crippen LogP contribution in [0.3, 0.4) is 0 Å². The molecule has 19 heavy (non-hydrogen) atoms. The predicted molar refractivity (Wildman–Crippen MR) is 75.9 cm³/mol. The van der Waals surface area contributed by atoms with E-state index in [4.69, 9.17) is 9.47 Å². The van der Waals surface area contributed by atoms with Gasteiger partial charge in [-0.2, -0.15) is 0 Å². The molecule has 3 heteroatoms. The van der Waals surface area contributed by atoms with Crippen molar-refractivity contribution >= 4 is 10.8 Å². The van der Waals surface area contributed by atoms with E-state index in [1.54, 1.807) is 14.2 Å². The number of benzene rings is 2. The Labute approximate surface area is 113 Å². The fourth-order valence-electron chi connectivity index (χ4n) is 2.37. The van der Waals surface area contributed by atoms with Crippen molar-refractivity contribution in [3.63, 3.8) is 0 Å². The van der Waals surface area contributed by atoms with E-state index in [0.29, 0.717) is 0 Å². The maximum atomic E-state index is 10.4. The molecular weight excluding hydrogens is 240 g/mol. The molecule has 0 saturated carbocycles. The number of fused-ring (bicyclic) bond motifs is 1. The molecule has 0 aromatic heterocycles. The minimum atomic E-state index is -0.616. The molecule has 0 spiro atoms. The van der Waals surface area contributed by atoms with Gasteiger partial charge in [0, 0.05) is 20.1 Å². The average Bonchev–Trinajstić information content (AvgIpc) is 2.47. The lowest BCUT2D eigenvalue weighted by atomic mass is 9.95. The van der Waals surface area contributed by atoms with Crippen LogP contribution in [0.25, 0.3) is 10.8 Å². The van der Waals surface area contributed by atoms with Crippen LogP contribution >= 0.6 is 0 Å². The topological polar surface area (TPSA) is 38.7 Å². The highest BCUT2D eigenvalue weighted by Gasteiger charge is 2.25. The first-order valence-electron chi connectivity index (χ1n) is 6.39. The van der Waals surface area contributed by atoms with Crippen LogP contribution in [0, 0.1) is 5.92 Å². The van der Waals surface area contributed by atoms with E-state index < -0.39 is 12.4 Å². The molecule has 0 heterocycles. The molecular formula is C16H20O3. The van der Waals surface area contributed by atoms with E-state index in [1.165, 1.54) is 5.39 Å². The summed E-state index contributed by atoms with van der Waals surface area (Å²) in [5, 5.41) is 12.7. The summed E-state index contributed by atoms with van der Waals surface area (Å²) in [4.78, 5) is 0. The number of rotatable bonds is 5. The normalized spacial score (nSPS) is 14.8. The molecule has 0 radical (unpaired) electrons. The highest BCUT2D eigenvalue weighted by Crippen LogP contribution is 2.28. The van der Waals surface area contributed by atoms with Crippen molar-refractivity contribution in [3.8, 4) is 0 Å². The molecule has 0 aliphatic heterocycles. The Hall–Kier alpha value is -1.42. The molecule has 3 nitrogen and oxygen atoms in total. The Balaban J connectivity index is 2.28. The van der Waals surface area contributed by atoms with Gasteiger partial charge in [-0.3, -0.25) is 0 Å². The lowest BCUT2D eigenvalue weighted by Gasteiger charge is -2.26. The molecule has 0 aliphatic rings. The Morgan fingerprint density at radius 1 is 0.947 bits per heavy atom. The van der Waals surface area contributed by atoms with Gasteiger partial charge in [-0.1, -0.05) is 43.3 Å². The average molecular weight is 260 g/mol. The van der Waals surface area contributed by atoms with Crippen molar-refractivity contribution in [2.75, 3.05) is 14.2 Å². The maximum absolute atomic E-state index is 10.4. The Bertz CT molecular complexity index is 534. The monoisotopic (exact) mass is 260 g/mol. The zero-order valence-electron chi connectivity index (χ0n) is 11.5. The minimum absolute atomic E-state index is 0.142. The quantitative estimate of drug-likeness (QED) is 0.839. The van der Waals surface area contributed by atoms with Crippen LogP contribution in [0.4, 0.5) is 0 Å². The molecule has 2 atom stereocenters. The molecule has 0 aliphatic carbocycles. The van der Waals surface area contributed by atoms with Gasteiger partial charge in [0.05, 0.1) is 6.10 Å². The summed E-state index contributed by atoms with van der Waals surface area (Å²) in [6.45, 7) is 1.91. The third-order valence-corrected chi connectivity index (χ3v) is 3.51. The molecule has 0 saturated heterocycles. The molecule has 1 N–H and O–H groups in total. The second-order valence-corrected chi connectivity index (χ2v) is 4.75. The molecule has 2 aromatic carbocycles. The first-order chi connectivity index (χ1) is 9.17. The second kappa shape index (κ2) is 6.15. The number of hydrogen-bond acceptors (Lipinski definition) is 3. The zero-order chi connectivity index (χ0) is 13.8. The Morgan fingerprint density at radius 2 is 1.58 bits per heavy atom. The van der Waals surface area contributed by atoms with E-state index in [9.17, 15) is 5.11 Å². The summed E-state index contributed by atoms with van der Waals surface area (Å²) in [5.74, 6) is -0.142. The smallest absolute Gasteiger partial charge is 0.162 e. The maximum Gasteiger partial charge on any atom is 0.162 e. The first-order valence-corrected chi connectivity index (χ1v) is 6.39. The highest BCUT2D eigenvalue weighted by atomic mass is 16.7. The molecule has 2 aromatic rings. The van der Waals surface area contributed by atoms with Crippen molar-refractivity contribution in [2.45, 2.75) is 19.3 Å². The molecule has 102 valence electrons. The lowest BCUT2D eigenvalue weighted by molar-refractivity contribution is -0.156. The van der Waals surface area contributed by atoms with Gasteiger partial charge in [-0.15, -0.1) is 0 Å². The molecule has 0 unspecified atom stereocenters. The summed E-state index contributed by atoms with van der Waals surface area (Å²) in [6.07, 6.45) is -1.03. The van der Waals surface area contributed by atoms with Crippen LogP contribution in [0.15, 0.2) is 42.5 Å².